The van der Waals surface area contributed by atoms with Crippen molar-refractivity contribution in [1.82, 2.24) is 5.32 Å². The Morgan fingerprint density at radius 2 is 2.10 bits per heavy atom. The van der Waals surface area contributed by atoms with Crippen molar-refractivity contribution in [2.45, 2.75) is 25.7 Å². The smallest absolute Gasteiger partial charge is 0.235 e. The first-order valence-corrected chi connectivity index (χ1v) is 6.93. The number of nitrogens with two attached hydrogens (primary N) is 1. The van der Waals surface area contributed by atoms with Gasteiger partial charge in [-0.2, -0.15) is 0 Å². The van der Waals surface area contributed by atoms with Crippen molar-refractivity contribution in [3.63, 3.8) is 0 Å². The molecule has 108 valence electrons. The van der Waals surface area contributed by atoms with Gasteiger partial charge in [-0.1, -0.05) is 42.4 Å². The molecule has 1 aliphatic rings. The molecular formula is C15H21N3O2. The second-order valence-corrected chi connectivity index (χ2v) is 5.43. The summed E-state index contributed by atoms with van der Waals surface area (Å²) in [6, 6.07) is 9.11. The average molecular weight is 275 g/mol. The van der Waals surface area contributed by atoms with Crippen molar-refractivity contribution in [1.29, 1.82) is 0 Å². The Bertz CT molecular complexity index is 483. The van der Waals surface area contributed by atoms with Gasteiger partial charge in [0.15, 0.2) is 5.84 Å². The van der Waals surface area contributed by atoms with Gasteiger partial charge in [-0.25, -0.2) is 0 Å². The van der Waals surface area contributed by atoms with Gasteiger partial charge in [0.1, 0.15) is 5.92 Å². The van der Waals surface area contributed by atoms with Crippen LogP contribution in [0.1, 0.15) is 31.2 Å². The van der Waals surface area contributed by atoms with E-state index in [0.29, 0.717) is 12.5 Å². The van der Waals surface area contributed by atoms with Gasteiger partial charge in [0.2, 0.25) is 5.91 Å². The first kappa shape index (κ1) is 14.4. The molecule has 1 saturated carbocycles. The van der Waals surface area contributed by atoms with Crippen LogP contribution in [0.25, 0.3) is 0 Å². The molecule has 20 heavy (non-hydrogen) atoms. The summed E-state index contributed by atoms with van der Waals surface area (Å²) in [7, 11) is 0. The number of carbonyl (C=O) groups is 1. The van der Waals surface area contributed by atoms with E-state index in [-0.39, 0.29) is 11.7 Å². The zero-order valence-electron chi connectivity index (χ0n) is 11.6. The summed E-state index contributed by atoms with van der Waals surface area (Å²) in [5.74, 6) is 0.149. The number of carbonyl (C=O) groups excluding carboxylic acids is 1. The minimum Gasteiger partial charge on any atom is -0.409 e. The molecule has 0 aromatic heterocycles. The fourth-order valence-electron chi connectivity index (χ4n) is 2.36. The Balaban J connectivity index is 2.04. The molecule has 0 bridgehead atoms. The zero-order chi connectivity index (χ0) is 14.5. The van der Waals surface area contributed by atoms with Gasteiger partial charge in [0.05, 0.1) is 0 Å². The maximum absolute atomic E-state index is 12.3. The normalized spacial score (nSPS) is 18.4. The maximum atomic E-state index is 12.3. The molecule has 2 rings (SSSR count). The molecule has 1 aromatic carbocycles. The summed E-state index contributed by atoms with van der Waals surface area (Å²) >= 11 is 0. The zero-order valence-corrected chi connectivity index (χ0v) is 11.6. The van der Waals surface area contributed by atoms with E-state index in [2.05, 4.69) is 17.4 Å². The fourth-order valence-corrected chi connectivity index (χ4v) is 2.36. The highest BCUT2D eigenvalue weighted by Crippen LogP contribution is 2.36. The largest absolute Gasteiger partial charge is 0.409 e. The Morgan fingerprint density at radius 3 is 2.65 bits per heavy atom. The summed E-state index contributed by atoms with van der Waals surface area (Å²) in [5, 5.41) is 14.8. The molecule has 1 aliphatic carbocycles. The number of hydrogen-bond acceptors (Lipinski definition) is 3. The van der Waals surface area contributed by atoms with E-state index < -0.39 is 5.92 Å². The highest BCUT2D eigenvalue weighted by Gasteiger charge is 2.30. The summed E-state index contributed by atoms with van der Waals surface area (Å²) in [6.07, 6.45) is 2.50. The quantitative estimate of drug-likeness (QED) is 0.319. The van der Waals surface area contributed by atoms with Crippen LogP contribution in [-0.4, -0.2) is 23.5 Å². The van der Waals surface area contributed by atoms with Crippen LogP contribution in [0.15, 0.2) is 35.5 Å². The summed E-state index contributed by atoms with van der Waals surface area (Å²) < 4.78 is 0. The third-order valence-electron chi connectivity index (χ3n) is 3.83. The predicted molar refractivity (Wildman–Crippen MR) is 77.5 cm³/mol. The van der Waals surface area contributed by atoms with E-state index in [0.717, 1.165) is 11.5 Å². The second kappa shape index (κ2) is 6.41. The molecule has 0 spiro atoms. The van der Waals surface area contributed by atoms with Crippen LogP contribution < -0.4 is 11.1 Å². The molecule has 0 aliphatic heterocycles. The third kappa shape index (κ3) is 3.50. The highest BCUT2D eigenvalue weighted by atomic mass is 16.4. The second-order valence-electron chi connectivity index (χ2n) is 5.43. The summed E-state index contributed by atoms with van der Waals surface area (Å²) in [6.45, 7) is 2.77. The van der Waals surface area contributed by atoms with Crippen LogP contribution in [-0.2, 0) is 4.79 Å². The molecule has 1 aromatic rings. The van der Waals surface area contributed by atoms with Crippen molar-refractivity contribution in [2.24, 2.45) is 22.7 Å². The number of nitrogens with one attached hydrogen (secondary N) is 1. The average Bonchev–Trinajstić information content (AvgIpc) is 3.30. The SMILES string of the molecule is CC(CNC(=O)C(/C(N)=N/O)c1ccccc1)C1CC1. The van der Waals surface area contributed by atoms with Gasteiger partial charge in [-0.15, -0.1) is 0 Å². The molecule has 5 heteroatoms. The lowest BCUT2D eigenvalue weighted by Crippen LogP contribution is -2.39. The first-order valence-electron chi connectivity index (χ1n) is 6.93. The molecule has 2 unspecified atom stereocenters. The maximum Gasteiger partial charge on any atom is 0.235 e. The number of amides is 1. The van der Waals surface area contributed by atoms with Gasteiger partial charge in [-0.05, 0) is 30.2 Å². The standard InChI is InChI=1S/C15H21N3O2/c1-10(11-7-8-11)9-17-15(19)13(14(16)18-20)12-5-3-2-4-6-12/h2-6,10-11,13,20H,7-9H2,1H3,(H2,16,18)(H,17,19). The van der Waals surface area contributed by atoms with Crippen molar-refractivity contribution in [2.75, 3.05) is 6.54 Å². The fraction of sp³-hybridized carbons (Fsp3) is 0.467. The monoisotopic (exact) mass is 275 g/mol. The third-order valence-corrected chi connectivity index (χ3v) is 3.83. The number of oxime groups is 1. The summed E-state index contributed by atoms with van der Waals surface area (Å²) in [4.78, 5) is 12.3. The van der Waals surface area contributed by atoms with Crippen molar-refractivity contribution >= 4 is 11.7 Å². The van der Waals surface area contributed by atoms with Crippen LogP contribution in [0.4, 0.5) is 0 Å². The molecule has 2 atom stereocenters. The van der Waals surface area contributed by atoms with E-state index in [4.69, 9.17) is 10.9 Å². The van der Waals surface area contributed by atoms with Crippen LogP contribution in [0.3, 0.4) is 0 Å². The Hall–Kier alpha value is -2.04. The Morgan fingerprint density at radius 1 is 1.45 bits per heavy atom. The first-order chi connectivity index (χ1) is 9.63. The molecule has 0 radical (unpaired) electrons. The van der Waals surface area contributed by atoms with E-state index in [1.807, 2.05) is 18.2 Å². The van der Waals surface area contributed by atoms with Gasteiger partial charge in [0, 0.05) is 6.54 Å². The predicted octanol–water partition coefficient (Wildman–Crippen LogP) is 1.68. The van der Waals surface area contributed by atoms with Crippen LogP contribution in [0, 0.1) is 11.8 Å². The minimum absolute atomic E-state index is 0.0900. The van der Waals surface area contributed by atoms with Crippen molar-refractivity contribution < 1.29 is 10.0 Å². The molecule has 5 nitrogen and oxygen atoms in total. The highest BCUT2D eigenvalue weighted by molar-refractivity contribution is 6.07. The number of rotatable bonds is 6. The number of amidine groups is 1. The van der Waals surface area contributed by atoms with Crippen molar-refractivity contribution in [3.05, 3.63) is 35.9 Å². The van der Waals surface area contributed by atoms with E-state index >= 15 is 0 Å². The molecule has 1 fully saturated rings. The Kier molecular flexibility index (Phi) is 4.61. The molecular weight excluding hydrogens is 254 g/mol. The number of hydrogen-bond donors (Lipinski definition) is 3. The van der Waals surface area contributed by atoms with Gasteiger partial charge in [0.25, 0.3) is 0 Å². The van der Waals surface area contributed by atoms with Gasteiger partial charge < -0.3 is 16.3 Å². The minimum atomic E-state index is -0.743. The van der Waals surface area contributed by atoms with Crippen LogP contribution >= 0.6 is 0 Å². The Labute approximate surface area is 118 Å². The van der Waals surface area contributed by atoms with E-state index in [1.54, 1.807) is 12.1 Å². The molecule has 0 saturated heterocycles. The lowest BCUT2D eigenvalue weighted by molar-refractivity contribution is -0.121. The topological polar surface area (TPSA) is 87.7 Å². The number of nitrogens with zero attached hydrogens (tertiary/aromatic N) is 1. The van der Waals surface area contributed by atoms with E-state index in [1.165, 1.54) is 12.8 Å². The van der Waals surface area contributed by atoms with Gasteiger partial charge >= 0.3 is 0 Å². The lowest BCUT2D eigenvalue weighted by Gasteiger charge is -2.18. The molecule has 4 N–H and O–H groups in total. The van der Waals surface area contributed by atoms with Crippen LogP contribution in [0.2, 0.25) is 0 Å². The van der Waals surface area contributed by atoms with Gasteiger partial charge in [-0.3, -0.25) is 4.79 Å². The molecule has 1 amide bonds. The van der Waals surface area contributed by atoms with E-state index in [9.17, 15) is 4.79 Å². The van der Waals surface area contributed by atoms with Crippen LogP contribution in [0.5, 0.6) is 0 Å². The van der Waals surface area contributed by atoms with Crippen molar-refractivity contribution in [3.8, 4) is 0 Å². The number of benzene rings is 1. The summed E-state index contributed by atoms with van der Waals surface area (Å²) in [5.41, 5.74) is 6.39. The lowest BCUT2D eigenvalue weighted by atomic mass is 9.96. The molecule has 0 heterocycles.